The van der Waals surface area contributed by atoms with E-state index in [0.717, 1.165) is 11.1 Å². The largest absolute Gasteiger partial charge is 0.416 e. The van der Waals surface area contributed by atoms with Gasteiger partial charge in [0.2, 0.25) is 0 Å². The number of hydrogen-bond acceptors (Lipinski definition) is 5. The minimum Gasteiger partial charge on any atom is -0.335 e. The van der Waals surface area contributed by atoms with Gasteiger partial charge in [-0.15, -0.1) is 0 Å². The van der Waals surface area contributed by atoms with Gasteiger partial charge in [0.25, 0.3) is 5.91 Å². The van der Waals surface area contributed by atoms with Crippen LogP contribution in [-0.4, -0.2) is 21.8 Å². The molecule has 1 unspecified atom stereocenters. The number of nitrogens with one attached hydrogen (secondary N) is 2. The quantitative estimate of drug-likeness (QED) is 0.363. The number of aromatic nitrogens is 1. The number of thioether (sulfide) groups is 1. The number of anilines is 2. The van der Waals surface area contributed by atoms with E-state index in [-0.39, 0.29) is 17.7 Å². The molecule has 0 saturated heterocycles. The van der Waals surface area contributed by atoms with Gasteiger partial charge in [0.1, 0.15) is 0 Å². The Morgan fingerprint density at radius 3 is 2.19 bits per heavy atom. The Labute approximate surface area is 206 Å². The first-order chi connectivity index (χ1) is 16.9. The van der Waals surface area contributed by atoms with Crippen molar-refractivity contribution in [2.75, 3.05) is 16.4 Å². The first kappa shape index (κ1) is 25.5. The lowest BCUT2D eigenvalue weighted by Gasteiger charge is -2.15. The highest BCUT2D eigenvalue weighted by atomic mass is 32.2. The van der Waals surface area contributed by atoms with Crippen LogP contribution in [0.2, 0.25) is 0 Å². The predicted octanol–water partition coefficient (Wildman–Crippen LogP) is 6.94. The van der Waals surface area contributed by atoms with Gasteiger partial charge in [0.05, 0.1) is 17.2 Å². The second-order valence-corrected chi connectivity index (χ2v) is 8.95. The molecule has 1 atom stereocenters. The lowest BCUT2D eigenvalue weighted by atomic mass is 10.1. The van der Waals surface area contributed by atoms with Gasteiger partial charge in [0.15, 0.2) is 5.17 Å². The standard InChI is InChI=1S/C24H18F6N4OS/c1-13-2-3-15(8-19(13)33-22-34-20(12-36-22)14-4-6-31-7-5-14)21(35)32-18-10-16(23(25,26)27)9-17(11-18)24(28,29)30/h2-11,20H,12H2,1H3,(H,32,35)(H,33,34). The number of pyridine rings is 1. The van der Waals surface area contributed by atoms with E-state index in [1.807, 2.05) is 12.1 Å². The molecule has 2 N–H and O–H groups in total. The summed E-state index contributed by atoms with van der Waals surface area (Å²) in [6.45, 7) is 1.78. The van der Waals surface area contributed by atoms with Crippen LogP contribution in [0.4, 0.5) is 37.7 Å². The number of rotatable bonds is 4. The molecule has 1 aromatic heterocycles. The van der Waals surface area contributed by atoms with E-state index in [2.05, 4.69) is 20.6 Å². The second-order valence-electron chi connectivity index (χ2n) is 7.94. The van der Waals surface area contributed by atoms with Crippen molar-refractivity contribution in [2.45, 2.75) is 25.3 Å². The molecule has 36 heavy (non-hydrogen) atoms. The molecular weight excluding hydrogens is 506 g/mol. The van der Waals surface area contributed by atoms with Crippen LogP contribution in [0.1, 0.15) is 38.7 Å². The topological polar surface area (TPSA) is 66.4 Å². The third-order valence-electron chi connectivity index (χ3n) is 5.33. The molecule has 0 fully saturated rings. The fraction of sp³-hybridized carbons (Fsp3) is 0.208. The van der Waals surface area contributed by atoms with E-state index in [1.54, 1.807) is 25.4 Å². The molecule has 2 heterocycles. The Bertz CT molecular complexity index is 1280. The number of aryl methyl sites for hydroxylation is 1. The lowest BCUT2D eigenvalue weighted by Crippen LogP contribution is -2.16. The van der Waals surface area contributed by atoms with Gasteiger partial charge in [-0.1, -0.05) is 17.8 Å². The summed E-state index contributed by atoms with van der Waals surface area (Å²) in [5.41, 5.74) is -1.31. The van der Waals surface area contributed by atoms with Gasteiger partial charge >= 0.3 is 12.4 Å². The third kappa shape index (κ3) is 5.99. The predicted molar refractivity (Wildman–Crippen MR) is 126 cm³/mol. The summed E-state index contributed by atoms with van der Waals surface area (Å²) in [5.74, 6) is -0.163. The number of alkyl halides is 6. The van der Waals surface area contributed by atoms with Crippen LogP contribution >= 0.6 is 11.8 Å². The molecule has 2 aromatic carbocycles. The Hall–Kier alpha value is -3.54. The van der Waals surface area contributed by atoms with Gasteiger partial charge in [-0.25, -0.2) is 0 Å². The molecule has 0 radical (unpaired) electrons. The third-order valence-corrected chi connectivity index (χ3v) is 6.29. The van der Waals surface area contributed by atoms with E-state index in [0.29, 0.717) is 28.7 Å². The van der Waals surface area contributed by atoms with Crippen LogP contribution in [0, 0.1) is 6.92 Å². The maximum atomic E-state index is 13.1. The molecule has 0 bridgehead atoms. The van der Waals surface area contributed by atoms with Gasteiger partial charge in [-0.3, -0.25) is 14.8 Å². The monoisotopic (exact) mass is 524 g/mol. The van der Waals surface area contributed by atoms with Crippen molar-refractivity contribution in [2.24, 2.45) is 4.99 Å². The first-order valence-electron chi connectivity index (χ1n) is 10.5. The second kappa shape index (κ2) is 9.84. The smallest absolute Gasteiger partial charge is 0.335 e. The number of nitrogens with zero attached hydrogens (tertiary/aromatic N) is 2. The van der Waals surface area contributed by atoms with E-state index < -0.39 is 35.1 Å². The Morgan fingerprint density at radius 1 is 0.944 bits per heavy atom. The fourth-order valence-electron chi connectivity index (χ4n) is 3.44. The number of carbonyl (C=O) groups excluding carboxylic acids is 1. The zero-order valence-electron chi connectivity index (χ0n) is 18.5. The van der Waals surface area contributed by atoms with Crippen molar-refractivity contribution < 1.29 is 31.1 Å². The molecule has 0 aliphatic carbocycles. The Balaban J connectivity index is 1.55. The Morgan fingerprint density at radius 2 is 1.58 bits per heavy atom. The molecule has 4 rings (SSSR count). The average molecular weight is 524 g/mol. The SMILES string of the molecule is Cc1ccc(C(=O)Nc2cc(C(F)(F)F)cc(C(F)(F)F)c2)cc1NC1=NC(c2ccncc2)CS1. The van der Waals surface area contributed by atoms with Gasteiger partial charge in [-0.2, -0.15) is 26.3 Å². The summed E-state index contributed by atoms with van der Waals surface area (Å²) in [6, 6.07) is 9.10. The van der Waals surface area contributed by atoms with Crippen molar-refractivity contribution in [3.05, 3.63) is 88.7 Å². The summed E-state index contributed by atoms with van der Waals surface area (Å²) in [6.07, 6.45) is -6.69. The highest BCUT2D eigenvalue weighted by Gasteiger charge is 2.37. The molecule has 1 aliphatic rings. The van der Waals surface area contributed by atoms with Crippen LogP contribution in [0.5, 0.6) is 0 Å². The van der Waals surface area contributed by atoms with Crippen molar-refractivity contribution in [3.63, 3.8) is 0 Å². The molecule has 5 nitrogen and oxygen atoms in total. The lowest BCUT2D eigenvalue weighted by molar-refractivity contribution is -0.143. The summed E-state index contributed by atoms with van der Waals surface area (Å²) in [4.78, 5) is 21.3. The normalized spacial score (nSPS) is 16.0. The van der Waals surface area contributed by atoms with E-state index >= 15 is 0 Å². The van der Waals surface area contributed by atoms with E-state index in [9.17, 15) is 31.1 Å². The molecule has 0 saturated carbocycles. The van der Waals surface area contributed by atoms with E-state index in [4.69, 9.17) is 0 Å². The van der Waals surface area contributed by atoms with Crippen LogP contribution in [0.3, 0.4) is 0 Å². The average Bonchev–Trinajstić information content (AvgIpc) is 3.28. The molecule has 1 aliphatic heterocycles. The van der Waals surface area contributed by atoms with E-state index in [1.165, 1.54) is 23.9 Å². The summed E-state index contributed by atoms with van der Waals surface area (Å²) >= 11 is 1.48. The molecular formula is C24H18F6N4OS. The summed E-state index contributed by atoms with van der Waals surface area (Å²) < 4.78 is 78.7. The number of amides is 1. The molecule has 0 spiro atoms. The molecule has 3 aromatic rings. The first-order valence-corrected chi connectivity index (χ1v) is 11.5. The van der Waals surface area contributed by atoms with Gasteiger partial charge in [0, 0.05) is 35.1 Å². The van der Waals surface area contributed by atoms with Crippen LogP contribution in [0.25, 0.3) is 0 Å². The number of halogens is 6. The van der Waals surface area contributed by atoms with Crippen molar-refractivity contribution >= 4 is 34.2 Å². The minimum absolute atomic E-state index is 0.00275. The van der Waals surface area contributed by atoms with Crippen LogP contribution in [-0.2, 0) is 12.4 Å². The zero-order chi connectivity index (χ0) is 26.1. The number of hydrogen-bond donors (Lipinski definition) is 2. The highest BCUT2D eigenvalue weighted by molar-refractivity contribution is 8.14. The summed E-state index contributed by atoms with van der Waals surface area (Å²) in [7, 11) is 0. The number of carbonyl (C=O) groups is 1. The highest BCUT2D eigenvalue weighted by Crippen LogP contribution is 2.38. The zero-order valence-corrected chi connectivity index (χ0v) is 19.4. The number of benzene rings is 2. The number of amidine groups is 1. The van der Waals surface area contributed by atoms with Crippen LogP contribution in [0.15, 0.2) is 65.9 Å². The van der Waals surface area contributed by atoms with Crippen molar-refractivity contribution in [3.8, 4) is 0 Å². The van der Waals surface area contributed by atoms with Crippen LogP contribution < -0.4 is 10.6 Å². The summed E-state index contributed by atoms with van der Waals surface area (Å²) in [5, 5.41) is 5.91. The fourth-order valence-corrected chi connectivity index (χ4v) is 4.41. The molecule has 12 heteroatoms. The molecule has 1 amide bonds. The maximum absolute atomic E-state index is 13.1. The minimum atomic E-state index is -5.02. The van der Waals surface area contributed by atoms with Crippen molar-refractivity contribution in [1.82, 2.24) is 4.98 Å². The Kier molecular flexibility index (Phi) is 6.98. The van der Waals surface area contributed by atoms with Gasteiger partial charge < -0.3 is 10.6 Å². The maximum Gasteiger partial charge on any atom is 0.416 e. The molecule has 188 valence electrons. The van der Waals surface area contributed by atoms with Crippen molar-refractivity contribution in [1.29, 1.82) is 0 Å². The number of aliphatic imine (C=N–C) groups is 1. The van der Waals surface area contributed by atoms with Gasteiger partial charge in [-0.05, 0) is 60.5 Å².